The molecule has 1 aromatic rings. The van der Waals surface area contributed by atoms with Gasteiger partial charge in [-0.1, -0.05) is 18.8 Å². The van der Waals surface area contributed by atoms with Gasteiger partial charge in [-0.3, -0.25) is 0 Å². The Bertz CT molecular complexity index is 418. The van der Waals surface area contributed by atoms with Crippen molar-refractivity contribution < 1.29 is 9.47 Å². The second-order valence-corrected chi connectivity index (χ2v) is 3.44. The predicted molar refractivity (Wildman–Crippen MR) is 62.9 cm³/mol. The monoisotopic (exact) mass is 217 g/mol. The van der Waals surface area contributed by atoms with Gasteiger partial charge in [-0.25, -0.2) is 0 Å². The zero-order valence-corrected chi connectivity index (χ0v) is 9.38. The van der Waals surface area contributed by atoms with Gasteiger partial charge in [0.2, 0.25) is 0 Å². The van der Waals surface area contributed by atoms with E-state index < -0.39 is 0 Å². The highest BCUT2D eigenvalue weighted by atomic mass is 16.6. The maximum atomic E-state index is 5.48. The fourth-order valence-electron chi connectivity index (χ4n) is 1.45. The fraction of sp³-hybridized carbons (Fsp3) is 0.385. The van der Waals surface area contributed by atoms with E-state index in [1.807, 2.05) is 18.2 Å². The van der Waals surface area contributed by atoms with Gasteiger partial charge in [0.05, 0.1) is 6.54 Å². The van der Waals surface area contributed by atoms with E-state index in [-0.39, 0.29) is 0 Å². The molecule has 0 fully saturated rings. The normalized spacial score (nSPS) is 12.8. The molecule has 0 radical (unpaired) electrons. The molecule has 0 bridgehead atoms. The van der Waals surface area contributed by atoms with Crippen molar-refractivity contribution in [3.63, 3.8) is 0 Å². The Morgan fingerprint density at radius 1 is 1.25 bits per heavy atom. The van der Waals surface area contributed by atoms with Crippen molar-refractivity contribution in [1.82, 2.24) is 5.32 Å². The lowest BCUT2D eigenvalue weighted by Gasteiger charge is -2.17. The molecule has 1 aromatic carbocycles. The predicted octanol–water partition coefficient (Wildman–Crippen LogP) is 1.42. The lowest BCUT2D eigenvalue weighted by molar-refractivity contribution is 0.171. The van der Waals surface area contributed by atoms with Crippen LogP contribution in [0.2, 0.25) is 0 Å². The summed E-state index contributed by atoms with van der Waals surface area (Å²) in [5.74, 6) is 7.74. The Morgan fingerprint density at radius 2 is 2.06 bits per heavy atom. The molecular weight excluding hydrogens is 202 g/mol. The van der Waals surface area contributed by atoms with E-state index in [1.54, 1.807) is 0 Å². The average Bonchev–Trinajstić information content (AvgIpc) is 2.34. The summed E-state index contributed by atoms with van der Waals surface area (Å²) in [4.78, 5) is 0. The number of benzene rings is 1. The second-order valence-electron chi connectivity index (χ2n) is 3.44. The zero-order valence-electron chi connectivity index (χ0n) is 9.38. The highest BCUT2D eigenvalue weighted by Crippen LogP contribution is 2.30. The average molecular weight is 217 g/mol. The van der Waals surface area contributed by atoms with Crippen molar-refractivity contribution in [2.24, 2.45) is 0 Å². The van der Waals surface area contributed by atoms with E-state index in [0.29, 0.717) is 19.8 Å². The Hall–Kier alpha value is -1.66. The standard InChI is InChI=1S/C13H15NO2/c1-2-14-7-3-4-11-5-6-12-13(10-11)16-9-8-15-12/h5-6,10,14H,2,7-9H2,1H3. The van der Waals surface area contributed by atoms with Crippen LogP contribution in [0.15, 0.2) is 18.2 Å². The zero-order chi connectivity index (χ0) is 11.2. The van der Waals surface area contributed by atoms with Crippen LogP contribution in [-0.2, 0) is 0 Å². The third-order valence-corrected chi connectivity index (χ3v) is 2.24. The van der Waals surface area contributed by atoms with Crippen LogP contribution in [0.3, 0.4) is 0 Å². The van der Waals surface area contributed by atoms with Gasteiger partial charge in [-0.05, 0) is 24.7 Å². The summed E-state index contributed by atoms with van der Waals surface area (Å²) in [6.07, 6.45) is 0. The number of hydrogen-bond donors (Lipinski definition) is 1. The Labute approximate surface area is 95.8 Å². The summed E-state index contributed by atoms with van der Waals surface area (Å²) in [6.45, 7) is 4.95. The molecule has 1 heterocycles. The maximum Gasteiger partial charge on any atom is 0.162 e. The van der Waals surface area contributed by atoms with E-state index in [4.69, 9.17) is 9.47 Å². The molecule has 0 aliphatic carbocycles. The smallest absolute Gasteiger partial charge is 0.162 e. The molecule has 16 heavy (non-hydrogen) atoms. The first-order valence-electron chi connectivity index (χ1n) is 5.49. The molecule has 3 heteroatoms. The van der Waals surface area contributed by atoms with Crippen LogP contribution < -0.4 is 14.8 Å². The molecular formula is C13H15NO2. The Balaban J connectivity index is 2.07. The third-order valence-electron chi connectivity index (χ3n) is 2.24. The van der Waals surface area contributed by atoms with Gasteiger partial charge in [0.15, 0.2) is 11.5 Å². The number of fused-ring (bicyclic) bond motifs is 1. The molecule has 1 aliphatic heterocycles. The minimum absolute atomic E-state index is 0.612. The molecule has 0 amide bonds. The van der Waals surface area contributed by atoms with Crippen LogP contribution in [0.5, 0.6) is 11.5 Å². The second kappa shape index (κ2) is 5.43. The molecule has 2 rings (SSSR count). The quantitative estimate of drug-likeness (QED) is 0.600. The van der Waals surface area contributed by atoms with Gasteiger partial charge in [-0.2, -0.15) is 0 Å². The van der Waals surface area contributed by atoms with Gasteiger partial charge >= 0.3 is 0 Å². The van der Waals surface area contributed by atoms with Gasteiger partial charge in [0.25, 0.3) is 0 Å². The van der Waals surface area contributed by atoms with Gasteiger partial charge in [0.1, 0.15) is 13.2 Å². The molecule has 0 saturated carbocycles. The SMILES string of the molecule is CCNCC#Cc1ccc2c(c1)OCCO2. The van der Waals surface area contributed by atoms with E-state index in [0.717, 1.165) is 23.6 Å². The number of rotatable bonds is 2. The van der Waals surface area contributed by atoms with Crippen molar-refractivity contribution in [3.8, 4) is 23.3 Å². The summed E-state index contributed by atoms with van der Waals surface area (Å²) >= 11 is 0. The van der Waals surface area contributed by atoms with Crippen molar-refractivity contribution in [1.29, 1.82) is 0 Å². The molecule has 0 saturated heterocycles. The van der Waals surface area contributed by atoms with Crippen LogP contribution in [0, 0.1) is 11.8 Å². The van der Waals surface area contributed by atoms with Gasteiger partial charge < -0.3 is 14.8 Å². The van der Waals surface area contributed by atoms with Crippen molar-refractivity contribution in [3.05, 3.63) is 23.8 Å². The minimum Gasteiger partial charge on any atom is -0.486 e. The molecule has 0 atom stereocenters. The van der Waals surface area contributed by atoms with Crippen LogP contribution in [-0.4, -0.2) is 26.3 Å². The first-order valence-corrected chi connectivity index (χ1v) is 5.49. The summed E-state index contributed by atoms with van der Waals surface area (Å²) in [5.41, 5.74) is 0.960. The van der Waals surface area contributed by atoms with E-state index in [1.165, 1.54) is 0 Å². The van der Waals surface area contributed by atoms with Gasteiger partial charge in [-0.15, -0.1) is 0 Å². The third kappa shape index (κ3) is 2.68. The Morgan fingerprint density at radius 3 is 2.88 bits per heavy atom. The van der Waals surface area contributed by atoms with Gasteiger partial charge in [0, 0.05) is 5.56 Å². The summed E-state index contributed by atoms with van der Waals surface area (Å²) < 4.78 is 10.9. The topological polar surface area (TPSA) is 30.5 Å². The summed E-state index contributed by atoms with van der Waals surface area (Å²) in [5, 5.41) is 3.15. The van der Waals surface area contributed by atoms with Crippen molar-refractivity contribution in [2.75, 3.05) is 26.3 Å². The molecule has 0 spiro atoms. The molecule has 3 nitrogen and oxygen atoms in total. The number of hydrogen-bond acceptors (Lipinski definition) is 3. The lowest BCUT2D eigenvalue weighted by atomic mass is 10.2. The first kappa shape index (κ1) is 10.8. The number of ether oxygens (including phenoxy) is 2. The highest BCUT2D eigenvalue weighted by Gasteiger charge is 2.10. The van der Waals surface area contributed by atoms with Crippen LogP contribution in [0.4, 0.5) is 0 Å². The lowest BCUT2D eigenvalue weighted by Crippen LogP contribution is -2.15. The largest absolute Gasteiger partial charge is 0.486 e. The molecule has 0 unspecified atom stereocenters. The molecule has 1 N–H and O–H groups in total. The van der Waals surface area contributed by atoms with E-state index >= 15 is 0 Å². The Kier molecular flexibility index (Phi) is 3.68. The van der Waals surface area contributed by atoms with Crippen molar-refractivity contribution in [2.45, 2.75) is 6.92 Å². The first-order chi connectivity index (χ1) is 7.90. The molecule has 1 aliphatic rings. The van der Waals surface area contributed by atoms with Crippen LogP contribution in [0.25, 0.3) is 0 Å². The fourth-order valence-corrected chi connectivity index (χ4v) is 1.45. The molecule has 84 valence electrons. The summed E-state index contributed by atoms with van der Waals surface area (Å²) in [6, 6.07) is 5.78. The molecule has 0 aromatic heterocycles. The van der Waals surface area contributed by atoms with Crippen molar-refractivity contribution >= 4 is 0 Å². The van der Waals surface area contributed by atoms with E-state index in [9.17, 15) is 0 Å². The maximum absolute atomic E-state index is 5.48. The number of nitrogens with one attached hydrogen (secondary N) is 1. The van der Waals surface area contributed by atoms with Crippen LogP contribution in [0.1, 0.15) is 12.5 Å². The summed E-state index contributed by atoms with van der Waals surface area (Å²) in [7, 11) is 0. The van der Waals surface area contributed by atoms with Crippen LogP contribution >= 0.6 is 0 Å². The minimum atomic E-state index is 0.612. The van der Waals surface area contributed by atoms with E-state index in [2.05, 4.69) is 24.1 Å². The highest BCUT2D eigenvalue weighted by molar-refractivity contribution is 5.48.